The third-order valence-electron chi connectivity index (χ3n) is 2.14. The number of furan rings is 1. The van der Waals surface area contributed by atoms with Crippen LogP contribution in [-0.4, -0.2) is 4.99 Å². The molecule has 2 heterocycles. The van der Waals surface area contributed by atoms with Gasteiger partial charge in [-0.1, -0.05) is 12.2 Å². The summed E-state index contributed by atoms with van der Waals surface area (Å²) in [5, 5.41) is 3.01. The standard InChI is InChI=1S/C10H5NOS/c13-9-5-7-8(11-9)2-1-6-3-4-12-10(6)7/h1-5H. The molecule has 0 spiro atoms. The fourth-order valence-electron chi connectivity index (χ4n) is 1.56. The smallest absolute Gasteiger partial charge is 0.143 e. The maximum absolute atomic E-state index is 5.36. The second-order valence-corrected chi connectivity index (χ2v) is 3.35. The first-order valence-electron chi connectivity index (χ1n) is 3.95. The van der Waals surface area contributed by atoms with Crippen molar-refractivity contribution in [1.82, 2.24) is 0 Å². The molecule has 2 nitrogen and oxygen atoms in total. The third kappa shape index (κ3) is 0.876. The van der Waals surface area contributed by atoms with Gasteiger partial charge >= 0.3 is 0 Å². The zero-order chi connectivity index (χ0) is 8.84. The molecule has 62 valence electrons. The van der Waals surface area contributed by atoms with Crippen molar-refractivity contribution in [1.29, 1.82) is 0 Å². The van der Waals surface area contributed by atoms with Crippen LogP contribution in [0, 0.1) is 0 Å². The molecule has 0 N–H and O–H groups in total. The molecule has 0 unspecified atom stereocenters. The Bertz CT molecular complexity index is 624. The van der Waals surface area contributed by atoms with E-state index in [1.807, 2.05) is 24.3 Å². The van der Waals surface area contributed by atoms with Gasteiger partial charge in [0, 0.05) is 10.6 Å². The van der Waals surface area contributed by atoms with Crippen molar-refractivity contribution >= 4 is 34.3 Å². The topological polar surface area (TPSA) is 25.5 Å². The molecule has 0 bridgehead atoms. The minimum Gasteiger partial charge on any atom is -0.464 e. The number of hydrogen-bond donors (Lipinski definition) is 0. The van der Waals surface area contributed by atoms with Crippen LogP contribution >= 0.6 is 12.2 Å². The van der Waals surface area contributed by atoms with Crippen LogP contribution in [0.5, 0.6) is 0 Å². The quantitative estimate of drug-likeness (QED) is 0.578. The van der Waals surface area contributed by atoms with Crippen molar-refractivity contribution in [3.05, 3.63) is 35.0 Å². The highest BCUT2D eigenvalue weighted by Crippen LogP contribution is 2.09. The van der Waals surface area contributed by atoms with Gasteiger partial charge in [-0.05, 0) is 24.3 Å². The van der Waals surface area contributed by atoms with Crippen LogP contribution in [0.2, 0.25) is 0 Å². The molecular weight excluding hydrogens is 182 g/mol. The third-order valence-corrected chi connectivity index (χ3v) is 2.34. The molecule has 0 saturated heterocycles. The predicted molar refractivity (Wildman–Crippen MR) is 54.1 cm³/mol. The van der Waals surface area contributed by atoms with Crippen LogP contribution in [0.4, 0.5) is 0 Å². The van der Waals surface area contributed by atoms with Crippen LogP contribution in [0.1, 0.15) is 0 Å². The van der Waals surface area contributed by atoms with Crippen LogP contribution in [0.3, 0.4) is 0 Å². The van der Waals surface area contributed by atoms with Gasteiger partial charge in [0.25, 0.3) is 0 Å². The van der Waals surface area contributed by atoms with Gasteiger partial charge in [-0.25, -0.2) is 4.99 Å². The summed E-state index contributed by atoms with van der Waals surface area (Å²) >= 11 is 5.00. The Kier molecular flexibility index (Phi) is 1.21. The summed E-state index contributed by atoms with van der Waals surface area (Å²) in [6.45, 7) is 0. The molecule has 2 aromatic rings. The minimum atomic E-state index is 0.624. The largest absolute Gasteiger partial charge is 0.464 e. The van der Waals surface area contributed by atoms with Crippen LogP contribution < -0.4 is 10.6 Å². The fraction of sp³-hybridized carbons (Fsp3) is 0. The van der Waals surface area contributed by atoms with E-state index < -0.39 is 0 Å². The normalized spacial score (nSPS) is 14.0. The molecule has 1 aliphatic rings. The molecule has 0 saturated carbocycles. The highest BCUT2D eigenvalue weighted by Gasteiger charge is 2.05. The molecule has 1 aliphatic heterocycles. The van der Waals surface area contributed by atoms with Gasteiger partial charge in [-0.2, -0.15) is 0 Å². The second kappa shape index (κ2) is 2.26. The Hall–Kier alpha value is -1.48. The maximum atomic E-state index is 5.36. The van der Waals surface area contributed by atoms with E-state index in [0.717, 1.165) is 21.5 Å². The van der Waals surface area contributed by atoms with Crippen molar-refractivity contribution in [2.24, 2.45) is 4.99 Å². The highest BCUT2D eigenvalue weighted by molar-refractivity contribution is 7.81. The molecule has 0 amide bonds. The number of rotatable bonds is 0. The number of hydrogen-bond acceptors (Lipinski definition) is 2. The summed E-state index contributed by atoms with van der Waals surface area (Å²) in [7, 11) is 0. The van der Waals surface area contributed by atoms with E-state index in [9.17, 15) is 0 Å². The molecule has 0 fully saturated rings. The summed E-state index contributed by atoms with van der Waals surface area (Å²) in [4.78, 5) is 4.82. The molecule has 1 aromatic heterocycles. The Morgan fingerprint density at radius 3 is 3.08 bits per heavy atom. The van der Waals surface area contributed by atoms with Crippen LogP contribution in [0.15, 0.2) is 33.9 Å². The number of nitrogens with zero attached hydrogens (tertiary/aromatic N) is 1. The number of thiocarbonyl (C=S) groups is 1. The lowest BCUT2D eigenvalue weighted by Crippen LogP contribution is -2.20. The zero-order valence-corrected chi connectivity index (χ0v) is 7.47. The van der Waals surface area contributed by atoms with Crippen LogP contribution in [-0.2, 0) is 0 Å². The lowest BCUT2D eigenvalue weighted by Gasteiger charge is -1.85. The maximum Gasteiger partial charge on any atom is 0.143 e. The molecule has 13 heavy (non-hydrogen) atoms. The summed E-state index contributed by atoms with van der Waals surface area (Å²) in [6.07, 6.45) is 3.55. The van der Waals surface area contributed by atoms with Crippen molar-refractivity contribution in [3.8, 4) is 0 Å². The Labute approximate surface area is 79.2 Å². The first kappa shape index (κ1) is 6.97. The van der Waals surface area contributed by atoms with Gasteiger partial charge in [0.15, 0.2) is 0 Å². The first-order chi connectivity index (χ1) is 6.34. The molecule has 0 radical (unpaired) electrons. The van der Waals surface area contributed by atoms with Gasteiger partial charge in [0.1, 0.15) is 10.6 Å². The van der Waals surface area contributed by atoms with E-state index in [0.29, 0.717) is 4.99 Å². The fourth-order valence-corrected chi connectivity index (χ4v) is 1.77. The first-order valence-corrected chi connectivity index (χ1v) is 4.36. The van der Waals surface area contributed by atoms with Gasteiger partial charge in [0.2, 0.25) is 0 Å². The average molecular weight is 187 g/mol. The Morgan fingerprint density at radius 1 is 1.23 bits per heavy atom. The lowest BCUT2D eigenvalue weighted by atomic mass is 10.2. The van der Waals surface area contributed by atoms with E-state index in [-0.39, 0.29) is 0 Å². The molecule has 3 heteroatoms. The van der Waals surface area contributed by atoms with E-state index in [4.69, 9.17) is 16.6 Å². The molecule has 0 atom stereocenters. The molecule has 1 aromatic carbocycles. The molecule has 3 rings (SSSR count). The average Bonchev–Trinajstić information content (AvgIpc) is 2.65. The van der Waals surface area contributed by atoms with Crippen LogP contribution in [0.25, 0.3) is 17.0 Å². The van der Waals surface area contributed by atoms with Gasteiger partial charge in [0.05, 0.1) is 11.6 Å². The second-order valence-electron chi connectivity index (χ2n) is 2.93. The monoisotopic (exact) mass is 187 g/mol. The lowest BCUT2D eigenvalue weighted by molar-refractivity contribution is 0.613. The highest BCUT2D eigenvalue weighted by atomic mass is 32.1. The summed E-state index contributed by atoms with van der Waals surface area (Å²) in [5.41, 5.74) is 0.876. The number of benzene rings is 1. The summed E-state index contributed by atoms with van der Waals surface area (Å²) in [6, 6.07) is 5.89. The summed E-state index contributed by atoms with van der Waals surface area (Å²) < 4.78 is 5.36. The SMILES string of the molecule is S=C1C=c2c(ccc3ccoc23)=N1. The number of fused-ring (bicyclic) bond motifs is 3. The Morgan fingerprint density at radius 2 is 2.15 bits per heavy atom. The van der Waals surface area contributed by atoms with Gasteiger partial charge < -0.3 is 4.42 Å². The van der Waals surface area contributed by atoms with Gasteiger partial charge in [-0.15, -0.1) is 0 Å². The predicted octanol–water partition coefficient (Wildman–Crippen LogP) is 1.17. The van der Waals surface area contributed by atoms with Crippen molar-refractivity contribution in [2.45, 2.75) is 0 Å². The minimum absolute atomic E-state index is 0.624. The van der Waals surface area contributed by atoms with E-state index in [1.54, 1.807) is 6.26 Å². The zero-order valence-electron chi connectivity index (χ0n) is 6.65. The van der Waals surface area contributed by atoms with Gasteiger partial charge in [-0.3, -0.25) is 0 Å². The van der Waals surface area contributed by atoms with Crippen molar-refractivity contribution in [2.75, 3.05) is 0 Å². The van der Waals surface area contributed by atoms with E-state index >= 15 is 0 Å². The van der Waals surface area contributed by atoms with Crippen molar-refractivity contribution in [3.63, 3.8) is 0 Å². The molecular formula is C10H5NOS. The molecule has 0 aliphatic carbocycles. The van der Waals surface area contributed by atoms with E-state index in [1.165, 1.54) is 0 Å². The van der Waals surface area contributed by atoms with Crippen molar-refractivity contribution < 1.29 is 4.42 Å². The Balaban J connectivity index is 2.69. The van der Waals surface area contributed by atoms with E-state index in [2.05, 4.69) is 4.99 Å². The summed E-state index contributed by atoms with van der Waals surface area (Å²) in [5.74, 6) is 0.